The van der Waals surface area contributed by atoms with Crippen molar-refractivity contribution in [2.45, 2.75) is 13.5 Å². The topological polar surface area (TPSA) is 79.8 Å². The molecule has 2 N–H and O–H groups in total. The number of hydrogen-bond donors (Lipinski definition) is 2. The summed E-state index contributed by atoms with van der Waals surface area (Å²) in [5.41, 5.74) is 2.10. The number of hydrogen-bond acceptors (Lipinski definition) is 6. The van der Waals surface area contributed by atoms with E-state index in [9.17, 15) is 4.79 Å². The van der Waals surface area contributed by atoms with Crippen molar-refractivity contribution in [1.82, 2.24) is 20.3 Å². The molecule has 3 aromatic heterocycles. The average Bonchev–Trinajstić information content (AvgIpc) is 3.02. The maximum absolute atomic E-state index is 12.1. The SMILES string of the molecule is Cc1cccc(Nc2nc(C(=O)NCc3ccccn3)cs2)n1. The van der Waals surface area contributed by atoms with E-state index in [0.717, 1.165) is 11.4 Å². The van der Waals surface area contributed by atoms with Crippen molar-refractivity contribution in [2.24, 2.45) is 0 Å². The number of aromatic nitrogens is 3. The fraction of sp³-hybridized carbons (Fsp3) is 0.125. The second-order valence-corrected chi connectivity index (χ2v) is 5.69. The Morgan fingerprint density at radius 1 is 1.17 bits per heavy atom. The van der Waals surface area contributed by atoms with Crippen LogP contribution in [0.5, 0.6) is 0 Å². The van der Waals surface area contributed by atoms with Crippen LogP contribution in [0.2, 0.25) is 0 Å². The Morgan fingerprint density at radius 3 is 2.87 bits per heavy atom. The molecule has 0 aliphatic heterocycles. The number of amides is 1. The zero-order valence-electron chi connectivity index (χ0n) is 12.5. The third-order valence-corrected chi connectivity index (χ3v) is 3.77. The number of aryl methyl sites for hydroxylation is 1. The lowest BCUT2D eigenvalue weighted by Crippen LogP contribution is -2.23. The van der Waals surface area contributed by atoms with Gasteiger partial charge in [0, 0.05) is 17.3 Å². The minimum absolute atomic E-state index is 0.225. The molecule has 0 atom stereocenters. The van der Waals surface area contributed by atoms with Gasteiger partial charge in [0.25, 0.3) is 5.91 Å². The Kier molecular flexibility index (Phi) is 4.58. The molecule has 3 heterocycles. The molecule has 6 nitrogen and oxygen atoms in total. The Labute approximate surface area is 137 Å². The number of nitrogens with zero attached hydrogens (tertiary/aromatic N) is 3. The highest BCUT2D eigenvalue weighted by Crippen LogP contribution is 2.19. The number of anilines is 2. The monoisotopic (exact) mass is 325 g/mol. The van der Waals surface area contributed by atoms with Gasteiger partial charge in [0.2, 0.25) is 0 Å². The largest absolute Gasteiger partial charge is 0.345 e. The Morgan fingerprint density at radius 2 is 2.09 bits per heavy atom. The van der Waals surface area contributed by atoms with Gasteiger partial charge in [-0.1, -0.05) is 12.1 Å². The number of carbonyl (C=O) groups excluding carboxylic acids is 1. The van der Waals surface area contributed by atoms with Crippen LogP contribution in [-0.2, 0) is 6.54 Å². The van der Waals surface area contributed by atoms with Crippen LogP contribution in [0, 0.1) is 6.92 Å². The van der Waals surface area contributed by atoms with Gasteiger partial charge in [0.05, 0.1) is 12.2 Å². The lowest BCUT2D eigenvalue weighted by molar-refractivity contribution is 0.0946. The molecule has 0 unspecified atom stereocenters. The molecule has 0 radical (unpaired) electrons. The quantitative estimate of drug-likeness (QED) is 0.754. The van der Waals surface area contributed by atoms with Crippen molar-refractivity contribution in [1.29, 1.82) is 0 Å². The maximum Gasteiger partial charge on any atom is 0.271 e. The van der Waals surface area contributed by atoms with E-state index >= 15 is 0 Å². The lowest BCUT2D eigenvalue weighted by Gasteiger charge is -2.03. The summed E-state index contributed by atoms with van der Waals surface area (Å²) < 4.78 is 0. The van der Waals surface area contributed by atoms with Gasteiger partial charge < -0.3 is 10.6 Å². The van der Waals surface area contributed by atoms with E-state index in [0.29, 0.717) is 23.2 Å². The van der Waals surface area contributed by atoms with Gasteiger partial charge in [0.1, 0.15) is 11.5 Å². The van der Waals surface area contributed by atoms with Gasteiger partial charge in [-0.3, -0.25) is 9.78 Å². The molecule has 0 fully saturated rings. The minimum atomic E-state index is -0.225. The van der Waals surface area contributed by atoms with Crippen molar-refractivity contribution >= 4 is 28.2 Å². The number of rotatable bonds is 5. The van der Waals surface area contributed by atoms with Crippen LogP contribution in [-0.4, -0.2) is 20.9 Å². The fourth-order valence-electron chi connectivity index (χ4n) is 1.92. The molecule has 0 aliphatic carbocycles. The molecule has 1 amide bonds. The highest BCUT2D eigenvalue weighted by molar-refractivity contribution is 7.14. The fourth-order valence-corrected chi connectivity index (χ4v) is 2.62. The predicted molar refractivity (Wildman–Crippen MR) is 89.8 cm³/mol. The van der Waals surface area contributed by atoms with E-state index in [1.807, 2.05) is 43.3 Å². The summed E-state index contributed by atoms with van der Waals surface area (Å²) in [5, 5.41) is 8.24. The Bertz CT molecular complexity index is 803. The van der Waals surface area contributed by atoms with Crippen LogP contribution in [0.15, 0.2) is 48.0 Å². The summed E-state index contributed by atoms with van der Waals surface area (Å²) in [6.07, 6.45) is 1.70. The summed E-state index contributed by atoms with van der Waals surface area (Å²) in [5.74, 6) is 0.483. The highest BCUT2D eigenvalue weighted by Gasteiger charge is 2.11. The summed E-state index contributed by atoms with van der Waals surface area (Å²) in [4.78, 5) is 24.9. The van der Waals surface area contributed by atoms with E-state index in [2.05, 4.69) is 25.6 Å². The summed E-state index contributed by atoms with van der Waals surface area (Å²) in [6, 6.07) is 11.3. The molecular formula is C16H15N5OS. The van der Waals surface area contributed by atoms with E-state index in [1.165, 1.54) is 11.3 Å². The molecule has 3 rings (SSSR count). The summed E-state index contributed by atoms with van der Waals surface area (Å²) in [6.45, 7) is 2.29. The molecule has 3 aromatic rings. The number of pyridine rings is 2. The first-order valence-corrected chi connectivity index (χ1v) is 7.93. The average molecular weight is 325 g/mol. The molecule has 23 heavy (non-hydrogen) atoms. The van der Waals surface area contributed by atoms with Crippen LogP contribution in [0.25, 0.3) is 0 Å². The minimum Gasteiger partial charge on any atom is -0.345 e. The normalized spacial score (nSPS) is 10.3. The molecule has 0 saturated carbocycles. The van der Waals surface area contributed by atoms with Crippen molar-refractivity contribution in [2.75, 3.05) is 5.32 Å². The lowest BCUT2D eigenvalue weighted by atomic mass is 10.3. The molecule has 0 spiro atoms. The van der Waals surface area contributed by atoms with Crippen LogP contribution in [0.1, 0.15) is 21.9 Å². The van der Waals surface area contributed by atoms with Crippen molar-refractivity contribution in [3.05, 3.63) is 65.1 Å². The molecule has 7 heteroatoms. The summed E-state index contributed by atoms with van der Waals surface area (Å²) in [7, 11) is 0. The third kappa shape index (κ3) is 4.10. The summed E-state index contributed by atoms with van der Waals surface area (Å²) >= 11 is 1.36. The molecule has 116 valence electrons. The third-order valence-electron chi connectivity index (χ3n) is 3.02. The van der Waals surface area contributed by atoms with Crippen LogP contribution in [0.3, 0.4) is 0 Å². The van der Waals surface area contributed by atoms with E-state index < -0.39 is 0 Å². The zero-order chi connectivity index (χ0) is 16.1. The van der Waals surface area contributed by atoms with Crippen molar-refractivity contribution < 1.29 is 4.79 Å². The highest BCUT2D eigenvalue weighted by atomic mass is 32.1. The number of carbonyl (C=O) groups is 1. The first kappa shape index (κ1) is 15.1. The van der Waals surface area contributed by atoms with E-state index in [-0.39, 0.29) is 5.91 Å². The Balaban J connectivity index is 1.61. The van der Waals surface area contributed by atoms with Crippen LogP contribution < -0.4 is 10.6 Å². The smallest absolute Gasteiger partial charge is 0.271 e. The van der Waals surface area contributed by atoms with Gasteiger partial charge in [-0.25, -0.2) is 9.97 Å². The molecule has 0 bridgehead atoms. The van der Waals surface area contributed by atoms with E-state index in [4.69, 9.17) is 0 Å². The molecule has 0 saturated heterocycles. The van der Waals surface area contributed by atoms with Gasteiger partial charge >= 0.3 is 0 Å². The van der Waals surface area contributed by atoms with Crippen molar-refractivity contribution in [3.8, 4) is 0 Å². The molecule has 0 aromatic carbocycles. The Hall–Kier alpha value is -2.80. The molecular weight excluding hydrogens is 310 g/mol. The van der Waals surface area contributed by atoms with Gasteiger partial charge in [-0.15, -0.1) is 11.3 Å². The van der Waals surface area contributed by atoms with Gasteiger partial charge in [0.15, 0.2) is 5.13 Å². The predicted octanol–water partition coefficient (Wildman–Crippen LogP) is 2.92. The molecule has 0 aliphatic rings. The first-order chi connectivity index (χ1) is 11.2. The van der Waals surface area contributed by atoms with Gasteiger partial charge in [-0.2, -0.15) is 0 Å². The second kappa shape index (κ2) is 6.97. The van der Waals surface area contributed by atoms with Crippen LogP contribution >= 0.6 is 11.3 Å². The second-order valence-electron chi connectivity index (χ2n) is 4.83. The van der Waals surface area contributed by atoms with Crippen molar-refractivity contribution in [3.63, 3.8) is 0 Å². The zero-order valence-corrected chi connectivity index (χ0v) is 13.3. The van der Waals surface area contributed by atoms with Gasteiger partial charge in [-0.05, 0) is 31.2 Å². The van der Waals surface area contributed by atoms with Crippen LogP contribution in [0.4, 0.5) is 10.9 Å². The first-order valence-electron chi connectivity index (χ1n) is 7.05. The number of nitrogens with one attached hydrogen (secondary N) is 2. The van der Waals surface area contributed by atoms with E-state index in [1.54, 1.807) is 11.6 Å². The number of thiazole rings is 1. The maximum atomic E-state index is 12.1. The standard InChI is InChI=1S/C16H15N5OS/c1-11-5-4-7-14(19-11)21-16-20-13(10-23-16)15(22)18-9-12-6-2-3-8-17-12/h2-8,10H,9H2,1H3,(H,18,22)(H,19,20,21).